The van der Waals surface area contributed by atoms with Crippen LogP contribution in [-0.2, 0) is 20.7 Å². The summed E-state index contributed by atoms with van der Waals surface area (Å²) in [6, 6.07) is 23.8. The van der Waals surface area contributed by atoms with Crippen LogP contribution >= 0.6 is 0 Å². The molecule has 0 saturated heterocycles. The number of fused-ring (bicyclic) bond motifs is 1. The van der Waals surface area contributed by atoms with Crippen molar-refractivity contribution in [2.45, 2.75) is 71.1 Å². The molecule has 0 aromatic heterocycles. The third-order valence-corrected chi connectivity index (χ3v) is 7.46. The van der Waals surface area contributed by atoms with E-state index in [1.807, 2.05) is 43.3 Å². The number of alkyl carbamates (subject to hydrolysis) is 1. The number of hydrogen-bond acceptors (Lipinski definition) is 6. The first-order valence-corrected chi connectivity index (χ1v) is 15.6. The van der Waals surface area contributed by atoms with E-state index in [9.17, 15) is 24.6 Å². The minimum Gasteiger partial charge on any atom is -0.508 e. The third-order valence-electron chi connectivity index (χ3n) is 7.46. The number of phenols is 2. The standard InChI is InChI=1S/C37H43N3O6/c1-5-6-11-22-40(35(44)31(39-36(45)46-37(2,3)4)23-25-16-20-29(41)21-17-25)33(30-14-9-10-15-32(30)42)34(43)38-28-19-18-26-12-7-8-13-27(26)24-28/h7-10,12-21,24,31,33,41-42H,5-6,11,22-23H2,1-4H3,(H,38,43)(H,39,45). The Morgan fingerprint density at radius 1 is 0.848 bits per heavy atom. The lowest BCUT2D eigenvalue weighted by Gasteiger charge is -2.35. The molecule has 2 atom stereocenters. The Kier molecular flexibility index (Phi) is 11.2. The number of para-hydroxylation sites is 1. The maximum absolute atomic E-state index is 14.6. The van der Waals surface area contributed by atoms with Gasteiger partial charge < -0.3 is 30.5 Å². The molecule has 0 aliphatic heterocycles. The van der Waals surface area contributed by atoms with Gasteiger partial charge in [-0.1, -0.05) is 80.4 Å². The first kappa shape index (κ1) is 33.8. The van der Waals surface area contributed by atoms with E-state index in [-0.39, 0.29) is 30.0 Å². The molecule has 0 fully saturated rings. The van der Waals surface area contributed by atoms with Crippen LogP contribution < -0.4 is 10.6 Å². The molecule has 242 valence electrons. The summed E-state index contributed by atoms with van der Waals surface area (Å²) in [7, 11) is 0. The molecule has 0 aliphatic rings. The molecule has 0 bridgehead atoms. The Morgan fingerprint density at radius 3 is 2.20 bits per heavy atom. The molecule has 0 aliphatic carbocycles. The SMILES string of the molecule is CCCCCN(C(=O)C(Cc1ccc(O)cc1)NC(=O)OC(C)(C)C)C(C(=O)Nc1ccc2ccccc2c1)c1ccccc1O. The molecule has 0 radical (unpaired) electrons. The summed E-state index contributed by atoms with van der Waals surface area (Å²) in [4.78, 5) is 43.3. The van der Waals surface area contributed by atoms with Crippen molar-refractivity contribution in [2.75, 3.05) is 11.9 Å². The van der Waals surface area contributed by atoms with Gasteiger partial charge in [0.2, 0.25) is 5.91 Å². The number of aromatic hydroxyl groups is 2. The van der Waals surface area contributed by atoms with Gasteiger partial charge in [0.1, 0.15) is 29.2 Å². The molecular formula is C37H43N3O6. The zero-order valence-electron chi connectivity index (χ0n) is 26.8. The van der Waals surface area contributed by atoms with Gasteiger partial charge in [0.05, 0.1) is 0 Å². The molecule has 4 aromatic carbocycles. The molecule has 2 unspecified atom stereocenters. The lowest BCUT2D eigenvalue weighted by atomic mass is 9.99. The molecule has 4 N–H and O–H groups in total. The normalized spacial score (nSPS) is 12.6. The van der Waals surface area contributed by atoms with E-state index in [2.05, 4.69) is 10.6 Å². The number of unbranched alkanes of at least 4 members (excludes halogenated alkanes) is 2. The van der Waals surface area contributed by atoms with Crippen molar-refractivity contribution in [3.8, 4) is 11.5 Å². The number of nitrogens with zero attached hydrogens (tertiary/aromatic N) is 1. The zero-order chi connectivity index (χ0) is 33.3. The van der Waals surface area contributed by atoms with Crippen molar-refractivity contribution in [3.63, 3.8) is 0 Å². The average molecular weight is 626 g/mol. The largest absolute Gasteiger partial charge is 0.508 e. The lowest BCUT2D eigenvalue weighted by Crippen LogP contribution is -2.53. The van der Waals surface area contributed by atoms with E-state index in [0.29, 0.717) is 17.7 Å². The molecule has 4 aromatic rings. The maximum Gasteiger partial charge on any atom is 0.408 e. The Bertz CT molecular complexity index is 1650. The number of amides is 3. The van der Waals surface area contributed by atoms with Crippen LogP contribution in [0.15, 0.2) is 91.0 Å². The van der Waals surface area contributed by atoms with Gasteiger partial charge in [-0.05, 0) is 73.9 Å². The number of rotatable bonds is 12. The van der Waals surface area contributed by atoms with Crippen molar-refractivity contribution in [1.29, 1.82) is 0 Å². The van der Waals surface area contributed by atoms with Crippen molar-refractivity contribution < 1.29 is 29.3 Å². The summed E-state index contributed by atoms with van der Waals surface area (Å²) in [5, 5.41) is 28.4. The van der Waals surface area contributed by atoms with Gasteiger partial charge in [0.25, 0.3) is 5.91 Å². The smallest absolute Gasteiger partial charge is 0.408 e. The highest BCUT2D eigenvalue weighted by molar-refractivity contribution is 6.00. The zero-order valence-corrected chi connectivity index (χ0v) is 26.8. The van der Waals surface area contributed by atoms with Gasteiger partial charge >= 0.3 is 6.09 Å². The van der Waals surface area contributed by atoms with Gasteiger partial charge in [-0.2, -0.15) is 0 Å². The second kappa shape index (κ2) is 15.3. The fourth-order valence-electron chi connectivity index (χ4n) is 5.26. The van der Waals surface area contributed by atoms with E-state index in [4.69, 9.17) is 4.74 Å². The van der Waals surface area contributed by atoms with Crippen LogP contribution in [0.25, 0.3) is 10.8 Å². The summed E-state index contributed by atoms with van der Waals surface area (Å²) in [6.07, 6.45) is 1.56. The van der Waals surface area contributed by atoms with Gasteiger partial charge in [-0.15, -0.1) is 0 Å². The Balaban J connectivity index is 1.76. The third kappa shape index (κ3) is 9.23. The molecule has 0 heterocycles. The summed E-state index contributed by atoms with van der Waals surface area (Å²) in [5.41, 5.74) is 0.666. The van der Waals surface area contributed by atoms with E-state index in [1.165, 1.54) is 23.1 Å². The fourth-order valence-corrected chi connectivity index (χ4v) is 5.26. The number of nitrogens with one attached hydrogen (secondary N) is 2. The number of carbonyl (C=O) groups is 3. The predicted molar refractivity (Wildman–Crippen MR) is 180 cm³/mol. The van der Waals surface area contributed by atoms with Crippen LogP contribution in [0, 0.1) is 0 Å². The molecule has 4 rings (SSSR count). The number of benzene rings is 4. The number of anilines is 1. The van der Waals surface area contributed by atoms with Crippen LogP contribution in [0.2, 0.25) is 0 Å². The molecule has 0 saturated carbocycles. The number of ether oxygens (including phenoxy) is 1. The first-order valence-electron chi connectivity index (χ1n) is 15.6. The summed E-state index contributed by atoms with van der Waals surface area (Å²) < 4.78 is 5.50. The van der Waals surface area contributed by atoms with E-state index >= 15 is 0 Å². The number of phenolic OH excluding ortho intramolecular Hbond substituents is 2. The topological polar surface area (TPSA) is 128 Å². The quantitative estimate of drug-likeness (QED) is 0.125. The summed E-state index contributed by atoms with van der Waals surface area (Å²) >= 11 is 0. The minimum atomic E-state index is -1.22. The van der Waals surface area contributed by atoms with Crippen molar-refractivity contribution in [1.82, 2.24) is 10.2 Å². The fraction of sp³-hybridized carbons (Fsp3) is 0.324. The second-order valence-electron chi connectivity index (χ2n) is 12.3. The van der Waals surface area contributed by atoms with Gasteiger partial charge in [0, 0.05) is 24.2 Å². The van der Waals surface area contributed by atoms with Crippen LogP contribution in [0.3, 0.4) is 0 Å². The van der Waals surface area contributed by atoms with E-state index < -0.39 is 35.6 Å². The molecule has 0 spiro atoms. The number of hydrogen-bond donors (Lipinski definition) is 4. The highest BCUT2D eigenvalue weighted by Crippen LogP contribution is 2.32. The van der Waals surface area contributed by atoms with Crippen molar-refractivity contribution in [3.05, 3.63) is 102 Å². The molecule has 46 heavy (non-hydrogen) atoms. The Labute approximate surface area is 270 Å². The predicted octanol–water partition coefficient (Wildman–Crippen LogP) is 7.09. The summed E-state index contributed by atoms with van der Waals surface area (Å²) in [5.74, 6) is -1.10. The highest BCUT2D eigenvalue weighted by Gasteiger charge is 2.37. The minimum absolute atomic E-state index is 0.0675. The maximum atomic E-state index is 14.6. The van der Waals surface area contributed by atoms with E-state index in [0.717, 1.165) is 23.6 Å². The Morgan fingerprint density at radius 2 is 1.52 bits per heavy atom. The van der Waals surface area contributed by atoms with Crippen molar-refractivity contribution >= 4 is 34.4 Å². The monoisotopic (exact) mass is 625 g/mol. The van der Waals surface area contributed by atoms with Crippen LogP contribution in [0.1, 0.15) is 64.1 Å². The highest BCUT2D eigenvalue weighted by atomic mass is 16.6. The average Bonchev–Trinajstić information content (AvgIpc) is 3.01. The van der Waals surface area contributed by atoms with Crippen LogP contribution in [0.5, 0.6) is 11.5 Å². The van der Waals surface area contributed by atoms with Gasteiger partial charge in [-0.3, -0.25) is 9.59 Å². The molecule has 9 nitrogen and oxygen atoms in total. The summed E-state index contributed by atoms with van der Waals surface area (Å²) in [6.45, 7) is 7.42. The lowest BCUT2D eigenvalue weighted by molar-refractivity contribution is -0.141. The number of carbonyl (C=O) groups excluding carboxylic acids is 3. The van der Waals surface area contributed by atoms with Gasteiger partial charge in [-0.25, -0.2) is 4.79 Å². The van der Waals surface area contributed by atoms with Crippen molar-refractivity contribution in [2.24, 2.45) is 0 Å². The second-order valence-corrected chi connectivity index (χ2v) is 12.3. The van der Waals surface area contributed by atoms with Gasteiger partial charge in [0.15, 0.2) is 0 Å². The van der Waals surface area contributed by atoms with E-state index in [1.54, 1.807) is 57.2 Å². The van der Waals surface area contributed by atoms with Crippen LogP contribution in [0.4, 0.5) is 10.5 Å². The van der Waals surface area contributed by atoms with Crippen LogP contribution in [-0.4, -0.2) is 51.2 Å². The molecule has 3 amide bonds. The first-order chi connectivity index (χ1) is 21.9. The molecule has 9 heteroatoms. The molecular weight excluding hydrogens is 582 g/mol. The Hall–Kier alpha value is -5.05.